The van der Waals surface area contributed by atoms with Crippen LogP contribution >= 0.6 is 0 Å². The van der Waals surface area contributed by atoms with Crippen LogP contribution in [0.1, 0.15) is 0 Å². The molecule has 0 spiro atoms. The van der Waals surface area contributed by atoms with Crippen LogP contribution in [0, 0.1) is 4.91 Å². The minimum Gasteiger partial charge on any atom is -0.268 e. The van der Waals surface area contributed by atoms with E-state index in [9.17, 15) is 4.91 Å². The molecule has 7 heavy (non-hydrogen) atoms. The summed E-state index contributed by atoms with van der Waals surface area (Å²) in [6.07, 6.45) is -0.319. The summed E-state index contributed by atoms with van der Waals surface area (Å²) in [5, 5.41) is 2.81. The van der Waals surface area contributed by atoms with Crippen molar-refractivity contribution in [2.75, 3.05) is 13.2 Å². The summed E-state index contributed by atoms with van der Waals surface area (Å²) in [7, 11) is 0. The van der Waals surface area contributed by atoms with Gasteiger partial charge in [0.15, 0.2) is 0 Å². The lowest BCUT2D eigenvalue weighted by molar-refractivity contribution is -0.563. The molecule has 0 aromatic heterocycles. The summed E-state index contributed by atoms with van der Waals surface area (Å²) in [5.41, 5.74) is 5.23. The van der Waals surface area contributed by atoms with Gasteiger partial charge in [-0.05, 0) is 0 Å². The van der Waals surface area contributed by atoms with E-state index in [1.807, 2.05) is 0 Å². The van der Waals surface area contributed by atoms with E-state index in [1.54, 1.807) is 0 Å². The lowest BCUT2D eigenvalue weighted by Gasteiger charge is -1.83. The van der Waals surface area contributed by atoms with Gasteiger partial charge in [0.25, 0.3) is 6.17 Å². The molecular weight excluding hydrogens is 94.1 g/mol. The molecule has 1 heterocycles. The highest BCUT2D eigenvalue weighted by atomic mass is 16.3. The maximum atomic E-state index is 10.3. The zero-order valence-electron chi connectivity index (χ0n) is 3.92. The van der Waals surface area contributed by atoms with Gasteiger partial charge >= 0.3 is 0 Å². The molecule has 0 amide bonds. The topological polar surface area (TPSA) is 58.1 Å². The molecule has 0 aromatic rings. The average molecular weight is 102 g/mol. The normalized spacial score (nSPS) is 31.6. The average Bonchev–Trinajstić information content (AvgIpc) is 1.91. The second kappa shape index (κ2) is 1.55. The Kier molecular flexibility index (Phi) is 1.04. The molecule has 0 aromatic carbocycles. The van der Waals surface area contributed by atoms with Crippen LogP contribution in [-0.2, 0) is 0 Å². The van der Waals surface area contributed by atoms with Gasteiger partial charge in [-0.2, -0.15) is 0 Å². The summed E-state index contributed by atoms with van der Waals surface area (Å²) in [4.78, 5) is 10.3. The van der Waals surface area contributed by atoms with Gasteiger partial charge in [-0.1, -0.05) is 0 Å². The Morgan fingerprint density at radius 2 is 2.57 bits per heavy atom. The Morgan fingerprint density at radius 3 is 2.71 bits per heavy atom. The van der Waals surface area contributed by atoms with Crippen LogP contribution in [0.3, 0.4) is 0 Å². The maximum absolute atomic E-state index is 10.3. The highest BCUT2D eigenvalue weighted by Gasteiger charge is 2.25. The van der Waals surface area contributed by atoms with E-state index in [0.29, 0.717) is 13.2 Å². The van der Waals surface area contributed by atoms with E-state index in [2.05, 4.69) is 5.32 Å². The zero-order chi connectivity index (χ0) is 5.28. The third-order valence-corrected chi connectivity index (χ3v) is 0.991. The number of nitroso groups, excluding NO2 is 1. The lowest BCUT2D eigenvalue weighted by Crippen LogP contribution is -2.29. The van der Waals surface area contributed by atoms with Gasteiger partial charge in [-0.15, -0.1) is 0 Å². The van der Waals surface area contributed by atoms with Gasteiger partial charge in [-0.3, -0.25) is 5.73 Å². The molecule has 1 aliphatic rings. The fraction of sp³-hybridized carbons (Fsp3) is 1.00. The van der Waals surface area contributed by atoms with Crippen molar-refractivity contribution in [1.29, 1.82) is 0 Å². The van der Waals surface area contributed by atoms with Crippen LogP contribution < -0.4 is 11.1 Å². The first-order valence-electron chi connectivity index (χ1n) is 2.21. The smallest absolute Gasteiger partial charge is 0.266 e. The van der Waals surface area contributed by atoms with Crippen LogP contribution in [-0.4, -0.2) is 24.1 Å². The first-order valence-corrected chi connectivity index (χ1v) is 2.21. The molecule has 1 unspecified atom stereocenters. The van der Waals surface area contributed by atoms with Crippen molar-refractivity contribution in [1.82, 2.24) is 5.32 Å². The molecule has 0 radical (unpaired) electrons. The van der Waals surface area contributed by atoms with E-state index < -0.39 is 0 Å². The Balaban J connectivity index is 2.48. The van der Waals surface area contributed by atoms with Crippen molar-refractivity contribution < 1.29 is 4.76 Å². The molecule has 1 fully saturated rings. The maximum Gasteiger partial charge on any atom is 0.266 e. The van der Waals surface area contributed by atoms with E-state index in [1.165, 1.54) is 0 Å². The molecule has 0 aliphatic carbocycles. The minimum atomic E-state index is -0.319. The van der Waals surface area contributed by atoms with Gasteiger partial charge in [0.2, 0.25) is 6.67 Å². The number of nitrogens with one attached hydrogen (secondary N) is 1. The molecular formula is C3H8N3O+. The zero-order valence-corrected chi connectivity index (χ0v) is 3.92. The molecule has 0 saturated carbocycles. The Labute approximate surface area is 41.3 Å². The van der Waals surface area contributed by atoms with Crippen molar-refractivity contribution in [3.63, 3.8) is 0 Å². The summed E-state index contributed by atoms with van der Waals surface area (Å²) in [6, 6.07) is 0. The summed E-state index contributed by atoms with van der Waals surface area (Å²) in [6.45, 7) is 0.991. The Hall–Kier alpha value is -0.480. The summed E-state index contributed by atoms with van der Waals surface area (Å²) < 4.78 is 0.819. The van der Waals surface area contributed by atoms with Crippen LogP contribution in [0.25, 0.3) is 0 Å². The van der Waals surface area contributed by atoms with Crippen LogP contribution in [0.5, 0.6) is 0 Å². The molecule has 0 bridgehead atoms. The predicted molar refractivity (Wildman–Crippen MR) is 24.5 cm³/mol. The van der Waals surface area contributed by atoms with Gasteiger partial charge in [-0.25, -0.2) is 5.32 Å². The summed E-state index contributed by atoms with van der Waals surface area (Å²) in [5.74, 6) is 0. The second-order valence-electron chi connectivity index (χ2n) is 1.60. The van der Waals surface area contributed by atoms with Gasteiger partial charge in [0, 0.05) is 9.67 Å². The van der Waals surface area contributed by atoms with Crippen LogP contribution in [0.15, 0.2) is 0 Å². The lowest BCUT2D eigenvalue weighted by atomic mass is 10.6. The minimum absolute atomic E-state index is 0.319. The molecule has 1 saturated heterocycles. The molecule has 1 rings (SSSR count). The number of hydrogen-bond acceptors (Lipinski definition) is 3. The third-order valence-electron chi connectivity index (χ3n) is 0.991. The van der Waals surface area contributed by atoms with E-state index in [-0.39, 0.29) is 6.17 Å². The SMILES string of the molecule is NC1CNC[N+]1=O. The molecule has 1 aliphatic heterocycles. The third kappa shape index (κ3) is 0.755. The number of rotatable bonds is 0. The molecule has 4 heteroatoms. The standard InChI is InChI=1S/C3H8N3O/c4-3-1-5-2-6(3)7/h3,5H,1-2,4H2/q+1. The Morgan fingerprint density at radius 1 is 1.86 bits per heavy atom. The van der Waals surface area contributed by atoms with Crippen LogP contribution in [0.2, 0.25) is 0 Å². The monoisotopic (exact) mass is 102 g/mol. The quantitative estimate of drug-likeness (QED) is 0.370. The van der Waals surface area contributed by atoms with E-state index >= 15 is 0 Å². The molecule has 3 N–H and O–H groups in total. The number of nitrogens with two attached hydrogens (primary N) is 1. The fourth-order valence-electron chi connectivity index (χ4n) is 0.542. The number of nitrogens with zero attached hydrogens (tertiary/aromatic N) is 1. The van der Waals surface area contributed by atoms with Crippen molar-refractivity contribution >= 4 is 0 Å². The van der Waals surface area contributed by atoms with Gasteiger partial charge < -0.3 is 0 Å². The van der Waals surface area contributed by atoms with Crippen molar-refractivity contribution in [2.45, 2.75) is 6.17 Å². The van der Waals surface area contributed by atoms with Gasteiger partial charge in [0.1, 0.15) is 0 Å². The van der Waals surface area contributed by atoms with Crippen LogP contribution in [0.4, 0.5) is 0 Å². The first kappa shape index (κ1) is 4.67. The van der Waals surface area contributed by atoms with E-state index in [0.717, 1.165) is 4.76 Å². The molecule has 1 atom stereocenters. The highest BCUT2D eigenvalue weighted by molar-refractivity contribution is 4.53. The van der Waals surface area contributed by atoms with E-state index in [4.69, 9.17) is 5.73 Å². The fourth-order valence-corrected chi connectivity index (χ4v) is 0.542. The second-order valence-corrected chi connectivity index (χ2v) is 1.60. The predicted octanol–water partition coefficient (Wildman–Crippen LogP) is -1.39. The Bertz CT molecular complexity index is 92.2. The molecule has 40 valence electrons. The molecule has 4 nitrogen and oxygen atoms in total. The van der Waals surface area contributed by atoms with Gasteiger partial charge in [0.05, 0.1) is 6.54 Å². The number of hydrogen-bond donors (Lipinski definition) is 2. The first-order chi connectivity index (χ1) is 3.30. The van der Waals surface area contributed by atoms with Crippen molar-refractivity contribution in [3.05, 3.63) is 4.91 Å². The van der Waals surface area contributed by atoms with Crippen molar-refractivity contribution in [3.8, 4) is 0 Å². The highest BCUT2D eigenvalue weighted by Crippen LogP contribution is 1.84. The summed E-state index contributed by atoms with van der Waals surface area (Å²) >= 11 is 0. The van der Waals surface area contributed by atoms with Crippen molar-refractivity contribution in [2.24, 2.45) is 5.73 Å². The largest absolute Gasteiger partial charge is 0.268 e.